The molecule has 2 N–H and O–H groups in total. The molecule has 0 aliphatic carbocycles. The van der Waals surface area contributed by atoms with Crippen molar-refractivity contribution < 1.29 is 14.3 Å². The molecule has 1 aliphatic rings. The number of para-hydroxylation sites is 1. The van der Waals surface area contributed by atoms with Crippen molar-refractivity contribution in [1.82, 2.24) is 5.32 Å². The third-order valence-corrected chi connectivity index (χ3v) is 5.24. The van der Waals surface area contributed by atoms with Crippen LogP contribution in [0.1, 0.15) is 16.7 Å². The van der Waals surface area contributed by atoms with Crippen molar-refractivity contribution in [3.05, 3.63) is 62.5 Å². The van der Waals surface area contributed by atoms with Crippen molar-refractivity contribution in [3.63, 3.8) is 0 Å². The van der Waals surface area contributed by atoms with E-state index in [9.17, 15) is 4.79 Å². The minimum absolute atomic E-state index is 0.130. The van der Waals surface area contributed by atoms with E-state index in [0.29, 0.717) is 23.9 Å². The topological polar surface area (TPSA) is 71.4 Å². The minimum Gasteiger partial charge on any atom is -0.489 e. The Hall–Kier alpha value is -2.25. The van der Waals surface area contributed by atoms with Crippen molar-refractivity contribution in [2.75, 3.05) is 13.2 Å². The Labute approximate surface area is 170 Å². The Morgan fingerprint density at radius 3 is 2.52 bits per heavy atom. The van der Waals surface area contributed by atoms with Gasteiger partial charge < -0.3 is 14.8 Å². The molecule has 1 fully saturated rings. The van der Waals surface area contributed by atoms with Crippen LogP contribution in [-0.2, 0) is 4.79 Å². The maximum atomic E-state index is 11.9. The van der Waals surface area contributed by atoms with Gasteiger partial charge in [-0.2, -0.15) is 0 Å². The van der Waals surface area contributed by atoms with E-state index in [-0.39, 0.29) is 11.1 Å². The van der Waals surface area contributed by atoms with Crippen LogP contribution in [0, 0.1) is 19.3 Å². The SMILES string of the molecule is Cc1cccc(C)c1OCCOc1ccc(Br)cc1C=C1SC(=N)NC1=O. The molecule has 0 saturated carbocycles. The first-order chi connectivity index (χ1) is 12.9. The van der Waals surface area contributed by atoms with E-state index in [4.69, 9.17) is 14.9 Å². The van der Waals surface area contributed by atoms with E-state index in [0.717, 1.165) is 38.7 Å². The minimum atomic E-state index is -0.269. The van der Waals surface area contributed by atoms with Crippen LogP contribution >= 0.6 is 27.7 Å². The molecular formula is C20H19BrN2O3S. The highest BCUT2D eigenvalue weighted by Crippen LogP contribution is 2.30. The summed E-state index contributed by atoms with van der Waals surface area (Å²) >= 11 is 4.54. The smallest absolute Gasteiger partial charge is 0.264 e. The molecule has 1 heterocycles. The van der Waals surface area contributed by atoms with Gasteiger partial charge in [-0.3, -0.25) is 10.2 Å². The molecule has 7 heteroatoms. The molecule has 0 radical (unpaired) electrons. The largest absolute Gasteiger partial charge is 0.489 e. The molecule has 0 unspecified atom stereocenters. The number of ether oxygens (including phenoxy) is 2. The van der Waals surface area contributed by atoms with Gasteiger partial charge in [-0.1, -0.05) is 34.1 Å². The molecule has 5 nitrogen and oxygen atoms in total. The summed E-state index contributed by atoms with van der Waals surface area (Å²) in [5.74, 6) is 1.27. The number of carbonyl (C=O) groups is 1. The molecule has 27 heavy (non-hydrogen) atoms. The fraction of sp³-hybridized carbons (Fsp3) is 0.200. The second-order valence-corrected chi connectivity index (χ2v) is 7.96. The number of thioether (sulfide) groups is 1. The summed E-state index contributed by atoms with van der Waals surface area (Å²) in [4.78, 5) is 12.3. The first-order valence-corrected chi connectivity index (χ1v) is 9.96. The molecule has 0 aromatic heterocycles. The second kappa shape index (κ2) is 8.63. The number of nitrogens with one attached hydrogen (secondary N) is 2. The van der Waals surface area contributed by atoms with Gasteiger partial charge >= 0.3 is 0 Å². The van der Waals surface area contributed by atoms with Crippen molar-refractivity contribution in [2.45, 2.75) is 13.8 Å². The molecule has 2 aromatic rings. The van der Waals surface area contributed by atoms with Crippen molar-refractivity contribution >= 4 is 44.8 Å². The molecule has 2 aromatic carbocycles. The zero-order chi connectivity index (χ0) is 19.4. The van der Waals surface area contributed by atoms with Gasteiger partial charge in [0.25, 0.3) is 5.91 Å². The summed E-state index contributed by atoms with van der Waals surface area (Å²) in [5, 5.41) is 10.2. The summed E-state index contributed by atoms with van der Waals surface area (Å²) in [6.45, 7) is 4.83. The zero-order valence-electron chi connectivity index (χ0n) is 15.0. The highest BCUT2D eigenvalue weighted by Gasteiger charge is 2.22. The maximum absolute atomic E-state index is 11.9. The van der Waals surface area contributed by atoms with Gasteiger partial charge in [-0.05, 0) is 61.0 Å². The lowest BCUT2D eigenvalue weighted by Crippen LogP contribution is -2.18. The van der Waals surface area contributed by atoms with Crippen LogP contribution in [0.2, 0.25) is 0 Å². The first kappa shape index (κ1) is 19.5. The summed E-state index contributed by atoms with van der Waals surface area (Å²) in [7, 11) is 0. The predicted molar refractivity (Wildman–Crippen MR) is 112 cm³/mol. The van der Waals surface area contributed by atoms with Crippen LogP contribution in [0.4, 0.5) is 0 Å². The highest BCUT2D eigenvalue weighted by atomic mass is 79.9. The molecule has 0 spiro atoms. The lowest BCUT2D eigenvalue weighted by Gasteiger charge is -2.14. The fourth-order valence-corrected chi connectivity index (χ4v) is 3.74. The first-order valence-electron chi connectivity index (χ1n) is 8.35. The Morgan fingerprint density at radius 2 is 1.85 bits per heavy atom. The quantitative estimate of drug-likeness (QED) is 0.499. The molecule has 1 aliphatic heterocycles. The lowest BCUT2D eigenvalue weighted by molar-refractivity contribution is -0.115. The normalized spacial score (nSPS) is 15.1. The summed E-state index contributed by atoms with van der Waals surface area (Å²) in [6, 6.07) is 11.6. The van der Waals surface area contributed by atoms with Crippen LogP contribution in [0.25, 0.3) is 6.08 Å². The number of hydrogen-bond acceptors (Lipinski definition) is 5. The van der Waals surface area contributed by atoms with Crippen molar-refractivity contribution in [1.29, 1.82) is 5.41 Å². The average Bonchev–Trinajstić information content (AvgIpc) is 2.92. The number of amidine groups is 1. The number of rotatable bonds is 6. The number of carbonyl (C=O) groups excluding carboxylic acids is 1. The fourth-order valence-electron chi connectivity index (χ4n) is 2.67. The van der Waals surface area contributed by atoms with E-state index in [1.807, 2.05) is 50.2 Å². The van der Waals surface area contributed by atoms with Crippen LogP contribution in [-0.4, -0.2) is 24.3 Å². The van der Waals surface area contributed by atoms with Gasteiger partial charge in [0.2, 0.25) is 0 Å². The standard InChI is InChI=1S/C20H19BrN2O3S/c1-12-4-3-5-13(2)18(12)26-9-8-25-16-7-6-15(21)10-14(16)11-17-19(24)23-20(22)27-17/h3-7,10-11H,8-9H2,1-2H3,(H2,22,23,24). The predicted octanol–water partition coefficient (Wildman–Crippen LogP) is 4.66. The summed E-state index contributed by atoms with van der Waals surface area (Å²) < 4.78 is 12.6. The van der Waals surface area contributed by atoms with Gasteiger partial charge in [0.1, 0.15) is 24.7 Å². The Kier molecular flexibility index (Phi) is 6.23. The van der Waals surface area contributed by atoms with Crippen LogP contribution in [0.3, 0.4) is 0 Å². The molecule has 1 amide bonds. The molecule has 1 saturated heterocycles. The van der Waals surface area contributed by atoms with Gasteiger partial charge in [-0.25, -0.2) is 0 Å². The molecule has 0 atom stereocenters. The van der Waals surface area contributed by atoms with Crippen LogP contribution < -0.4 is 14.8 Å². The highest BCUT2D eigenvalue weighted by molar-refractivity contribution is 9.10. The van der Waals surface area contributed by atoms with Crippen molar-refractivity contribution in [3.8, 4) is 11.5 Å². The number of halogens is 1. The van der Waals surface area contributed by atoms with E-state index in [2.05, 4.69) is 21.2 Å². The summed E-state index contributed by atoms with van der Waals surface area (Å²) in [5.41, 5.74) is 2.95. The molecule has 0 bridgehead atoms. The van der Waals surface area contributed by atoms with E-state index in [1.165, 1.54) is 0 Å². The Bertz CT molecular complexity index is 907. The van der Waals surface area contributed by atoms with Crippen LogP contribution in [0.15, 0.2) is 45.8 Å². The van der Waals surface area contributed by atoms with E-state index >= 15 is 0 Å². The molecular weight excluding hydrogens is 428 g/mol. The lowest BCUT2D eigenvalue weighted by atomic mass is 10.1. The monoisotopic (exact) mass is 446 g/mol. The maximum Gasteiger partial charge on any atom is 0.264 e. The average molecular weight is 447 g/mol. The van der Waals surface area contributed by atoms with Crippen molar-refractivity contribution in [2.24, 2.45) is 0 Å². The molecule has 3 rings (SSSR count). The summed E-state index contributed by atoms with van der Waals surface area (Å²) in [6.07, 6.45) is 1.73. The van der Waals surface area contributed by atoms with E-state index < -0.39 is 0 Å². The zero-order valence-corrected chi connectivity index (χ0v) is 17.4. The number of aryl methyl sites for hydroxylation is 2. The number of benzene rings is 2. The Balaban J connectivity index is 1.68. The Morgan fingerprint density at radius 1 is 1.15 bits per heavy atom. The third kappa shape index (κ3) is 4.93. The van der Waals surface area contributed by atoms with Gasteiger partial charge in [0.15, 0.2) is 5.17 Å². The van der Waals surface area contributed by atoms with E-state index in [1.54, 1.807) is 6.08 Å². The van der Waals surface area contributed by atoms with Gasteiger partial charge in [-0.15, -0.1) is 0 Å². The van der Waals surface area contributed by atoms with Gasteiger partial charge in [0, 0.05) is 10.0 Å². The molecule has 140 valence electrons. The number of amides is 1. The second-order valence-electron chi connectivity index (χ2n) is 5.99. The van der Waals surface area contributed by atoms with Gasteiger partial charge in [0.05, 0.1) is 4.91 Å². The number of hydrogen-bond donors (Lipinski definition) is 2. The third-order valence-electron chi connectivity index (χ3n) is 3.92. The van der Waals surface area contributed by atoms with Crippen LogP contribution in [0.5, 0.6) is 11.5 Å².